The van der Waals surface area contributed by atoms with E-state index in [-0.39, 0.29) is 11.6 Å². The van der Waals surface area contributed by atoms with E-state index in [1.54, 1.807) is 12.1 Å². The minimum atomic E-state index is -0.936. The van der Waals surface area contributed by atoms with Gasteiger partial charge in [0.15, 0.2) is 0 Å². The van der Waals surface area contributed by atoms with Crippen LogP contribution in [0.4, 0.5) is 5.69 Å². The van der Waals surface area contributed by atoms with Gasteiger partial charge in [0.05, 0.1) is 5.56 Å². The van der Waals surface area contributed by atoms with E-state index in [0.29, 0.717) is 10.7 Å². The molecule has 0 heterocycles. The summed E-state index contributed by atoms with van der Waals surface area (Å²) in [5.74, 6) is -0.936. The van der Waals surface area contributed by atoms with Crippen molar-refractivity contribution in [3.05, 3.63) is 64.2 Å². The van der Waals surface area contributed by atoms with E-state index in [4.69, 9.17) is 11.6 Å². The molecule has 3 nitrogen and oxygen atoms in total. The van der Waals surface area contributed by atoms with E-state index >= 15 is 0 Å². The Morgan fingerprint density at radius 2 is 2.00 bits per heavy atom. The van der Waals surface area contributed by atoms with Crippen molar-refractivity contribution in [3.63, 3.8) is 0 Å². The molecule has 2 rings (SSSR count). The molecule has 1 atom stereocenters. The topological polar surface area (TPSA) is 49.3 Å². The monoisotopic (exact) mass is 289 g/mol. The van der Waals surface area contributed by atoms with Gasteiger partial charge in [-0.25, -0.2) is 4.79 Å². The first-order valence-electron chi connectivity index (χ1n) is 6.33. The lowest BCUT2D eigenvalue weighted by atomic mass is 10.1. The number of carbonyl (C=O) groups is 1. The molecule has 0 bridgehead atoms. The predicted molar refractivity (Wildman–Crippen MR) is 81.6 cm³/mol. The smallest absolute Gasteiger partial charge is 0.337 e. The zero-order valence-electron chi connectivity index (χ0n) is 11.4. The van der Waals surface area contributed by atoms with Gasteiger partial charge in [-0.05, 0) is 43.7 Å². The highest BCUT2D eigenvalue weighted by Crippen LogP contribution is 2.25. The van der Waals surface area contributed by atoms with Crippen molar-refractivity contribution in [2.75, 3.05) is 5.32 Å². The Labute approximate surface area is 123 Å². The second-order valence-electron chi connectivity index (χ2n) is 4.78. The fraction of sp³-hybridized carbons (Fsp3) is 0.188. The number of carboxylic acids is 1. The maximum absolute atomic E-state index is 11.3. The molecule has 1 unspecified atom stereocenters. The average molecular weight is 290 g/mol. The Hall–Kier alpha value is -2.00. The summed E-state index contributed by atoms with van der Waals surface area (Å²) in [6.45, 7) is 3.84. The third kappa shape index (κ3) is 3.31. The molecule has 0 spiro atoms. The van der Waals surface area contributed by atoms with Gasteiger partial charge in [-0.3, -0.25) is 0 Å². The van der Waals surface area contributed by atoms with Crippen LogP contribution in [0.25, 0.3) is 0 Å². The average Bonchev–Trinajstić information content (AvgIpc) is 2.40. The van der Waals surface area contributed by atoms with Crippen LogP contribution in [-0.4, -0.2) is 11.1 Å². The second kappa shape index (κ2) is 5.97. The van der Waals surface area contributed by atoms with E-state index in [2.05, 4.69) is 5.32 Å². The van der Waals surface area contributed by atoms with Gasteiger partial charge >= 0.3 is 5.97 Å². The molecule has 2 aromatic carbocycles. The molecule has 0 aromatic heterocycles. The number of halogens is 1. The number of aryl methyl sites for hydroxylation is 1. The van der Waals surface area contributed by atoms with Crippen LogP contribution in [0.5, 0.6) is 0 Å². The van der Waals surface area contributed by atoms with E-state index in [9.17, 15) is 9.90 Å². The first kappa shape index (κ1) is 14.4. The van der Waals surface area contributed by atoms with Crippen molar-refractivity contribution in [1.82, 2.24) is 0 Å². The largest absolute Gasteiger partial charge is 0.478 e. The van der Waals surface area contributed by atoms with Gasteiger partial charge in [-0.15, -0.1) is 0 Å². The highest BCUT2D eigenvalue weighted by Gasteiger charge is 2.13. The van der Waals surface area contributed by atoms with Crippen LogP contribution in [0.1, 0.15) is 34.5 Å². The van der Waals surface area contributed by atoms with Gasteiger partial charge in [-0.1, -0.05) is 35.4 Å². The van der Waals surface area contributed by atoms with Crippen molar-refractivity contribution in [2.45, 2.75) is 19.9 Å². The van der Waals surface area contributed by atoms with Crippen molar-refractivity contribution < 1.29 is 9.90 Å². The first-order chi connectivity index (χ1) is 9.47. The highest BCUT2D eigenvalue weighted by atomic mass is 35.5. The van der Waals surface area contributed by atoms with Gasteiger partial charge in [0.2, 0.25) is 0 Å². The number of carboxylic acid groups (broad SMARTS) is 1. The normalized spacial score (nSPS) is 11.9. The lowest BCUT2D eigenvalue weighted by Crippen LogP contribution is -2.11. The highest BCUT2D eigenvalue weighted by molar-refractivity contribution is 6.30. The molecule has 4 heteroatoms. The number of benzene rings is 2. The molecule has 2 N–H and O–H groups in total. The standard InChI is InChI=1S/C16H16ClNO2/c1-10-6-7-15(14(8-10)16(19)20)18-11(2)12-4-3-5-13(17)9-12/h3-9,11,18H,1-2H3,(H,19,20). The van der Waals surface area contributed by atoms with E-state index < -0.39 is 5.97 Å². The molecular formula is C16H16ClNO2. The first-order valence-corrected chi connectivity index (χ1v) is 6.71. The van der Waals surface area contributed by atoms with Gasteiger partial charge in [0, 0.05) is 16.8 Å². The molecule has 0 radical (unpaired) electrons. The van der Waals surface area contributed by atoms with E-state index in [0.717, 1.165) is 11.1 Å². The fourth-order valence-corrected chi connectivity index (χ4v) is 2.25. The van der Waals surface area contributed by atoms with E-state index in [1.165, 1.54) is 0 Å². The number of rotatable bonds is 4. The van der Waals surface area contributed by atoms with E-state index in [1.807, 2.05) is 44.2 Å². The van der Waals surface area contributed by atoms with Crippen molar-refractivity contribution in [3.8, 4) is 0 Å². The summed E-state index contributed by atoms with van der Waals surface area (Å²) in [5, 5.41) is 13.1. The van der Waals surface area contributed by atoms with Crippen molar-refractivity contribution in [1.29, 1.82) is 0 Å². The number of hydrogen-bond acceptors (Lipinski definition) is 2. The summed E-state index contributed by atoms with van der Waals surface area (Å²) in [4.78, 5) is 11.3. The molecule has 0 aliphatic rings. The number of anilines is 1. The molecule has 0 aliphatic heterocycles. The summed E-state index contributed by atoms with van der Waals surface area (Å²) < 4.78 is 0. The van der Waals surface area contributed by atoms with Gasteiger partial charge < -0.3 is 10.4 Å². The summed E-state index contributed by atoms with van der Waals surface area (Å²) >= 11 is 5.97. The summed E-state index contributed by atoms with van der Waals surface area (Å²) in [7, 11) is 0. The fourth-order valence-electron chi connectivity index (χ4n) is 2.05. The molecule has 0 fully saturated rings. The minimum absolute atomic E-state index is 0.0329. The third-order valence-electron chi connectivity index (χ3n) is 3.13. The van der Waals surface area contributed by atoms with Crippen molar-refractivity contribution in [2.24, 2.45) is 0 Å². The molecule has 20 heavy (non-hydrogen) atoms. The Bertz CT molecular complexity index is 640. The van der Waals surface area contributed by atoms with Crippen LogP contribution < -0.4 is 5.32 Å². The predicted octanol–water partition coefficient (Wildman–Crippen LogP) is 4.52. The lowest BCUT2D eigenvalue weighted by molar-refractivity contribution is 0.0698. The SMILES string of the molecule is Cc1ccc(NC(C)c2cccc(Cl)c2)c(C(=O)O)c1. The number of hydrogen-bond donors (Lipinski definition) is 2. The molecule has 0 saturated heterocycles. The Morgan fingerprint density at radius 1 is 1.25 bits per heavy atom. The van der Waals surface area contributed by atoms with Crippen LogP contribution in [0, 0.1) is 6.92 Å². The van der Waals surface area contributed by atoms with Gasteiger partial charge in [0.25, 0.3) is 0 Å². The molecular weight excluding hydrogens is 274 g/mol. The zero-order valence-corrected chi connectivity index (χ0v) is 12.1. The third-order valence-corrected chi connectivity index (χ3v) is 3.36. The van der Waals surface area contributed by atoms with Gasteiger partial charge in [-0.2, -0.15) is 0 Å². The second-order valence-corrected chi connectivity index (χ2v) is 5.21. The number of nitrogens with one attached hydrogen (secondary N) is 1. The Balaban J connectivity index is 2.28. The summed E-state index contributed by atoms with van der Waals surface area (Å²) in [6.07, 6.45) is 0. The van der Waals surface area contributed by atoms with Crippen LogP contribution in [0.2, 0.25) is 5.02 Å². The van der Waals surface area contributed by atoms with Crippen LogP contribution >= 0.6 is 11.6 Å². The summed E-state index contributed by atoms with van der Waals surface area (Å²) in [5.41, 5.74) is 2.81. The Morgan fingerprint density at radius 3 is 2.65 bits per heavy atom. The molecule has 0 aliphatic carbocycles. The van der Waals surface area contributed by atoms with Crippen molar-refractivity contribution >= 4 is 23.3 Å². The minimum Gasteiger partial charge on any atom is -0.478 e. The van der Waals surface area contributed by atoms with Crippen LogP contribution in [0.3, 0.4) is 0 Å². The zero-order chi connectivity index (χ0) is 14.7. The quantitative estimate of drug-likeness (QED) is 0.870. The van der Waals surface area contributed by atoms with Crippen LogP contribution in [0.15, 0.2) is 42.5 Å². The lowest BCUT2D eigenvalue weighted by Gasteiger charge is -2.18. The van der Waals surface area contributed by atoms with Crippen LogP contribution in [-0.2, 0) is 0 Å². The maximum Gasteiger partial charge on any atom is 0.337 e. The molecule has 0 saturated carbocycles. The Kier molecular flexibility index (Phi) is 4.30. The van der Waals surface area contributed by atoms with Gasteiger partial charge in [0.1, 0.15) is 0 Å². The molecule has 0 amide bonds. The molecule has 104 valence electrons. The number of aromatic carboxylic acids is 1. The molecule has 2 aromatic rings. The maximum atomic E-state index is 11.3. The summed E-state index contributed by atoms with van der Waals surface area (Å²) in [6, 6.07) is 12.8.